The molecule has 0 N–H and O–H groups in total. The number of ether oxygens (including phenoxy) is 1. The van der Waals surface area contributed by atoms with E-state index in [9.17, 15) is 13.2 Å². The standard InChI is InChI=1S/C23H25N5O5S/c29-23(18-3-5-19(6-4-18)34(30,31)28-13-16-32-17-14-28)27-11-9-26(10-12-27)22-8-7-20(24-25-22)21-2-1-15-33-21/h1-8,15H,9-14,16-17H2. The van der Waals surface area contributed by atoms with Crippen molar-refractivity contribution in [3.05, 3.63) is 60.4 Å². The molecular weight excluding hydrogens is 458 g/mol. The Morgan fingerprint density at radius 1 is 0.853 bits per heavy atom. The van der Waals surface area contributed by atoms with Gasteiger partial charge in [0.05, 0.1) is 24.4 Å². The van der Waals surface area contributed by atoms with Gasteiger partial charge in [-0.1, -0.05) is 0 Å². The van der Waals surface area contributed by atoms with Crippen LogP contribution in [0.5, 0.6) is 0 Å². The molecule has 34 heavy (non-hydrogen) atoms. The van der Waals surface area contributed by atoms with Crippen molar-refractivity contribution in [3.8, 4) is 11.5 Å². The predicted molar refractivity (Wildman–Crippen MR) is 124 cm³/mol. The average molecular weight is 484 g/mol. The fraction of sp³-hybridized carbons (Fsp3) is 0.348. The van der Waals surface area contributed by atoms with E-state index in [0.29, 0.717) is 69.5 Å². The van der Waals surface area contributed by atoms with Crippen LogP contribution in [-0.4, -0.2) is 86.2 Å². The minimum absolute atomic E-state index is 0.116. The van der Waals surface area contributed by atoms with Crippen LogP contribution in [0.1, 0.15) is 10.4 Å². The number of amides is 1. The molecule has 3 aromatic rings. The monoisotopic (exact) mass is 483 g/mol. The summed E-state index contributed by atoms with van der Waals surface area (Å²) in [6, 6.07) is 13.6. The van der Waals surface area contributed by atoms with Gasteiger partial charge in [0.1, 0.15) is 5.69 Å². The van der Waals surface area contributed by atoms with Crippen LogP contribution in [0.25, 0.3) is 11.5 Å². The number of carbonyl (C=O) groups excluding carboxylic acids is 1. The third-order valence-corrected chi connectivity index (χ3v) is 7.94. The van der Waals surface area contributed by atoms with E-state index in [2.05, 4.69) is 15.1 Å². The Morgan fingerprint density at radius 3 is 2.21 bits per heavy atom. The van der Waals surface area contributed by atoms with Gasteiger partial charge in [-0.15, -0.1) is 10.2 Å². The predicted octanol–water partition coefficient (Wildman–Crippen LogP) is 1.72. The molecule has 2 fully saturated rings. The molecule has 2 aliphatic rings. The smallest absolute Gasteiger partial charge is 0.253 e. The number of sulfonamides is 1. The van der Waals surface area contributed by atoms with E-state index in [-0.39, 0.29) is 10.8 Å². The molecule has 5 rings (SSSR count). The summed E-state index contributed by atoms with van der Waals surface area (Å²) in [4.78, 5) is 17.0. The van der Waals surface area contributed by atoms with E-state index in [1.807, 2.05) is 18.2 Å². The number of hydrogen-bond donors (Lipinski definition) is 0. The average Bonchev–Trinajstić information content (AvgIpc) is 3.44. The number of benzene rings is 1. The topological polar surface area (TPSA) is 109 Å². The van der Waals surface area contributed by atoms with E-state index >= 15 is 0 Å². The molecule has 2 aliphatic heterocycles. The van der Waals surface area contributed by atoms with Gasteiger partial charge in [-0.05, 0) is 48.5 Å². The lowest BCUT2D eigenvalue weighted by molar-refractivity contribution is 0.0730. The molecule has 4 heterocycles. The summed E-state index contributed by atoms with van der Waals surface area (Å²) in [6.07, 6.45) is 1.59. The highest BCUT2D eigenvalue weighted by atomic mass is 32.2. The van der Waals surface area contributed by atoms with Gasteiger partial charge < -0.3 is 19.0 Å². The fourth-order valence-electron chi connectivity index (χ4n) is 4.08. The number of piperazine rings is 1. The number of hydrogen-bond acceptors (Lipinski definition) is 8. The Balaban J connectivity index is 1.19. The molecular formula is C23H25N5O5S. The molecule has 2 saturated heterocycles. The highest BCUT2D eigenvalue weighted by Crippen LogP contribution is 2.21. The van der Waals surface area contributed by atoms with E-state index in [1.54, 1.807) is 29.4 Å². The van der Waals surface area contributed by atoms with Crippen molar-refractivity contribution >= 4 is 21.7 Å². The second-order valence-corrected chi connectivity index (χ2v) is 10.0. The number of anilines is 1. The lowest BCUT2D eigenvalue weighted by atomic mass is 10.2. The number of aromatic nitrogens is 2. The summed E-state index contributed by atoms with van der Waals surface area (Å²) >= 11 is 0. The number of rotatable bonds is 5. The number of nitrogens with zero attached hydrogens (tertiary/aromatic N) is 5. The fourth-order valence-corrected chi connectivity index (χ4v) is 5.48. The number of carbonyl (C=O) groups is 1. The molecule has 0 radical (unpaired) electrons. The normalized spacial score (nSPS) is 17.6. The third kappa shape index (κ3) is 4.54. The number of morpholine rings is 1. The maximum Gasteiger partial charge on any atom is 0.253 e. The Labute approximate surface area is 197 Å². The molecule has 0 unspecified atom stereocenters. The SMILES string of the molecule is O=C(c1ccc(S(=O)(=O)N2CCOCC2)cc1)N1CCN(c2ccc(-c3ccco3)nn2)CC1. The maximum absolute atomic E-state index is 13.0. The first-order valence-corrected chi connectivity index (χ1v) is 12.6. The van der Waals surface area contributed by atoms with Crippen LogP contribution < -0.4 is 4.90 Å². The Morgan fingerprint density at radius 2 is 1.59 bits per heavy atom. The van der Waals surface area contributed by atoms with Gasteiger partial charge in [0.15, 0.2) is 11.6 Å². The Hall–Kier alpha value is -3.28. The minimum atomic E-state index is -3.58. The Kier molecular flexibility index (Phi) is 6.31. The van der Waals surface area contributed by atoms with Crippen LogP contribution in [0.2, 0.25) is 0 Å². The lowest BCUT2D eigenvalue weighted by Gasteiger charge is -2.35. The zero-order valence-corrected chi connectivity index (χ0v) is 19.4. The first-order valence-electron chi connectivity index (χ1n) is 11.1. The highest BCUT2D eigenvalue weighted by molar-refractivity contribution is 7.89. The van der Waals surface area contributed by atoms with Crippen LogP contribution in [0, 0.1) is 0 Å². The second-order valence-electron chi connectivity index (χ2n) is 8.07. The summed E-state index contributed by atoms with van der Waals surface area (Å²) in [7, 11) is -3.58. The molecule has 0 spiro atoms. The summed E-state index contributed by atoms with van der Waals surface area (Å²) in [5, 5.41) is 8.54. The van der Waals surface area contributed by atoms with Crippen LogP contribution in [0.4, 0.5) is 5.82 Å². The first kappa shape index (κ1) is 22.5. The van der Waals surface area contributed by atoms with E-state index < -0.39 is 10.0 Å². The van der Waals surface area contributed by atoms with Gasteiger partial charge in [0.2, 0.25) is 10.0 Å². The molecule has 10 nitrogen and oxygen atoms in total. The molecule has 0 saturated carbocycles. The van der Waals surface area contributed by atoms with Crippen molar-refractivity contribution < 1.29 is 22.4 Å². The van der Waals surface area contributed by atoms with E-state index in [0.717, 1.165) is 5.82 Å². The van der Waals surface area contributed by atoms with Gasteiger partial charge in [0, 0.05) is 44.8 Å². The molecule has 0 aliphatic carbocycles. The van der Waals surface area contributed by atoms with Crippen molar-refractivity contribution in [2.45, 2.75) is 4.90 Å². The third-order valence-electron chi connectivity index (χ3n) is 6.02. The Bertz CT molecular complexity index is 1220. The molecule has 1 aromatic carbocycles. The quantitative estimate of drug-likeness (QED) is 0.540. The van der Waals surface area contributed by atoms with Crippen molar-refractivity contribution in [1.82, 2.24) is 19.4 Å². The second kappa shape index (κ2) is 9.53. The zero-order chi connectivity index (χ0) is 23.5. The first-order chi connectivity index (χ1) is 16.5. The van der Waals surface area contributed by atoms with Crippen molar-refractivity contribution in [2.24, 2.45) is 0 Å². The molecule has 1 amide bonds. The van der Waals surface area contributed by atoms with Crippen molar-refractivity contribution in [2.75, 3.05) is 57.4 Å². The van der Waals surface area contributed by atoms with Crippen LogP contribution in [0.3, 0.4) is 0 Å². The van der Waals surface area contributed by atoms with Crippen molar-refractivity contribution in [1.29, 1.82) is 0 Å². The van der Waals surface area contributed by atoms with Gasteiger partial charge >= 0.3 is 0 Å². The lowest BCUT2D eigenvalue weighted by Crippen LogP contribution is -2.49. The summed E-state index contributed by atoms with van der Waals surface area (Å²) < 4.78 is 37.6. The van der Waals surface area contributed by atoms with Gasteiger partial charge in [0.25, 0.3) is 5.91 Å². The van der Waals surface area contributed by atoms with Crippen LogP contribution in [0.15, 0.2) is 64.1 Å². The highest BCUT2D eigenvalue weighted by Gasteiger charge is 2.27. The van der Waals surface area contributed by atoms with Gasteiger partial charge in [-0.2, -0.15) is 4.31 Å². The maximum atomic E-state index is 13.0. The zero-order valence-electron chi connectivity index (χ0n) is 18.5. The number of furan rings is 1. The van der Waals surface area contributed by atoms with Crippen LogP contribution in [-0.2, 0) is 14.8 Å². The summed E-state index contributed by atoms with van der Waals surface area (Å²) in [5.74, 6) is 1.30. The van der Waals surface area contributed by atoms with E-state index in [4.69, 9.17) is 9.15 Å². The molecule has 11 heteroatoms. The van der Waals surface area contributed by atoms with Gasteiger partial charge in [-0.3, -0.25) is 4.79 Å². The summed E-state index contributed by atoms with van der Waals surface area (Å²) in [6.45, 7) is 3.78. The minimum Gasteiger partial charge on any atom is -0.463 e. The van der Waals surface area contributed by atoms with Crippen molar-refractivity contribution in [3.63, 3.8) is 0 Å². The largest absolute Gasteiger partial charge is 0.463 e. The molecule has 178 valence electrons. The van der Waals surface area contributed by atoms with Crippen LogP contribution >= 0.6 is 0 Å². The van der Waals surface area contributed by atoms with E-state index in [1.165, 1.54) is 16.4 Å². The molecule has 2 aromatic heterocycles. The van der Waals surface area contributed by atoms with Gasteiger partial charge in [-0.25, -0.2) is 8.42 Å². The summed E-state index contributed by atoms with van der Waals surface area (Å²) in [5.41, 5.74) is 1.14. The molecule has 0 atom stereocenters. The molecule has 0 bridgehead atoms.